The molecule has 0 aromatic heterocycles. The number of nitrogens with zero attached hydrogens (tertiary/aromatic N) is 1. The van der Waals surface area contributed by atoms with Gasteiger partial charge in [0.05, 0.1) is 0 Å². The molecule has 0 aliphatic heterocycles. The minimum absolute atomic E-state index is 0.532. The fourth-order valence-corrected chi connectivity index (χ4v) is 0.494. The summed E-state index contributed by atoms with van der Waals surface area (Å²) in [5.74, 6) is -1.07. The largest absolute Gasteiger partial charge is 0.480 e. The van der Waals surface area contributed by atoms with Crippen LogP contribution in [0.4, 0.5) is 4.79 Å². The highest BCUT2D eigenvalue weighted by Crippen LogP contribution is 1.80. The van der Waals surface area contributed by atoms with E-state index in [1.807, 2.05) is 0 Å². The van der Waals surface area contributed by atoms with Crippen LogP contribution in [0.15, 0.2) is 0 Å². The molecular weight excluding hydrogens is 162 g/mol. The van der Waals surface area contributed by atoms with Crippen LogP contribution in [-0.4, -0.2) is 42.3 Å². The molecule has 6 heteroatoms. The van der Waals surface area contributed by atoms with Gasteiger partial charge >= 0.3 is 12.0 Å². The third-order valence-electron chi connectivity index (χ3n) is 1.04. The van der Waals surface area contributed by atoms with Gasteiger partial charge in [-0.05, 0) is 6.92 Å². The summed E-state index contributed by atoms with van der Waals surface area (Å²) in [6, 6.07) is -1.42. The SMILES string of the molecule is CC(NC(=O)NN(C)C)C(=O)O. The van der Waals surface area contributed by atoms with Gasteiger partial charge in [0.1, 0.15) is 6.04 Å². The molecule has 6 nitrogen and oxygen atoms in total. The lowest BCUT2D eigenvalue weighted by atomic mass is 10.3. The van der Waals surface area contributed by atoms with Crippen molar-refractivity contribution in [3.63, 3.8) is 0 Å². The van der Waals surface area contributed by atoms with Gasteiger partial charge in [0.15, 0.2) is 0 Å². The molecule has 0 bridgehead atoms. The van der Waals surface area contributed by atoms with Crippen molar-refractivity contribution < 1.29 is 14.7 Å². The monoisotopic (exact) mass is 175 g/mol. The Bertz CT molecular complexity index is 181. The number of nitrogens with one attached hydrogen (secondary N) is 2. The summed E-state index contributed by atoms with van der Waals surface area (Å²) in [5.41, 5.74) is 2.35. The third kappa shape index (κ3) is 4.51. The first-order valence-corrected chi connectivity index (χ1v) is 3.40. The van der Waals surface area contributed by atoms with E-state index < -0.39 is 18.0 Å². The van der Waals surface area contributed by atoms with Crippen LogP contribution in [-0.2, 0) is 4.79 Å². The molecule has 2 amide bonds. The Morgan fingerprint density at radius 2 is 1.92 bits per heavy atom. The number of hydrazine groups is 1. The van der Waals surface area contributed by atoms with Gasteiger partial charge in [-0.15, -0.1) is 0 Å². The van der Waals surface area contributed by atoms with Crippen molar-refractivity contribution in [2.75, 3.05) is 14.1 Å². The fourth-order valence-electron chi connectivity index (χ4n) is 0.494. The molecule has 0 fully saturated rings. The molecule has 0 rings (SSSR count). The van der Waals surface area contributed by atoms with Crippen molar-refractivity contribution in [1.82, 2.24) is 15.8 Å². The van der Waals surface area contributed by atoms with E-state index in [4.69, 9.17) is 5.11 Å². The first kappa shape index (κ1) is 10.7. The lowest BCUT2D eigenvalue weighted by molar-refractivity contribution is -0.138. The van der Waals surface area contributed by atoms with E-state index in [1.165, 1.54) is 11.9 Å². The van der Waals surface area contributed by atoms with Gasteiger partial charge in [-0.2, -0.15) is 0 Å². The number of carbonyl (C=O) groups is 2. The zero-order valence-electron chi connectivity index (χ0n) is 7.29. The van der Waals surface area contributed by atoms with Crippen LogP contribution in [0.2, 0.25) is 0 Å². The first-order valence-electron chi connectivity index (χ1n) is 3.40. The molecule has 0 spiro atoms. The summed E-state index contributed by atoms with van der Waals surface area (Å²) in [5, 5.41) is 12.0. The zero-order chi connectivity index (χ0) is 9.72. The average molecular weight is 175 g/mol. The van der Waals surface area contributed by atoms with E-state index in [1.54, 1.807) is 14.1 Å². The summed E-state index contributed by atoms with van der Waals surface area (Å²) in [7, 11) is 3.26. The van der Waals surface area contributed by atoms with E-state index in [0.717, 1.165) is 0 Å². The highest BCUT2D eigenvalue weighted by molar-refractivity contribution is 5.81. The van der Waals surface area contributed by atoms with Crippen LogP contribution in [0.3, 0.4) is 0 Å². The van der Waals surface area contributed by atoms with Crippen LogP contribution in [0.1, 0.15) is 6.92 Å². The molecule has 0 saturated carbocycles. The minimum atomic E-state index is -1.07. The van der Waals surface area contributed by atoms with Crippen LogP contribution < -0.4 is 10.7 Å². The molecule has 0 aliphatic carbocycles. The molecule has 1 unspecified atom stereocenters. The van der Waals surface area contributed by atoms with E-state index >= 15 is 0 Å². The van der Waals surface area contributed by atoms with Crippen molar-refractivity contribution >= 4 is 12.0 Å². The Labute approximate surface area is 70.5 Å². The molecule has 70 valence electrons. The Morgan fingerprint density at radius 1 is 1.42 bits per heavy atom. The number of carboxylic acid groups (broad SMARTS) is 1. The molecule has 0 aromatic rings. The highest BCUT2D eigenvalue weighted by Gasteiger charge is 2.13. The Morgan fingerprint density at radius 3 is 2.25 bits per heavy atom. The lowest BCUT2D eigenvalue weighted by Crippen LogP contribution is -2.48. The minimum Gasteiger partial charge on any atom is -0.480 e. The second-order valence-corrected chi connectivity index (χ2v) is 2.54. The van der Waals surface area contributed by atoms with Gasteiger partial charge in [0, 0.05) is 14.1 Å². The Hall–Kier alpha value is -1.30. The molecule has 0 heterocycles. The Kier molecular flexibility index (Phi) is 4.06. The summed E-state index contributed by atoms with van der Waals surface area (Å²) < 4.78 is 0. The van der Waals surface area contributed by atoms with Gasteiger partial charge in [0.2, 0.25) is 0 Å². The van der Waals surface area contributed by atoms with Gasteiger partial charge < -0.3 is 10.4 Å². The number of urea groups is 1. The first-order chi connectivity index (χ1) is 5.43. The average Bonchev–Trinajstić information content (AvgIpc) is 1.84. The zero-order valence-corrected chi connectivity index (χ0v) is 7.29. The number of aliphatic carboxylic acids is 1. The second-order valence-electron chi connectivity index (χ2n) is 2.54. The smallest absolute Gasteiger partial charge is 0.329 e. The van der Waals surface area contributed by atoms with Crippen LogP contribution >= 0.6 is 0 Å². The lowest BCUT2D eigenvalue weighted by Gasteiger charge is -2.14. The molecule has 3 N–H and O–H groups in total. The number of rotatable bonds is 3. The molecule has 12 heavy (non-hydrogen) atoms. The van der Waals surface area contributed by atoms with Gasteiger partial charge in [-0.25, -0.2) is 9.80 Å². The maximum absolute atomic E-state index is 10.8. The fraction of sp³-hybridized carbons (Fsp3) is 0.667. The number of carboxylic acids is 1. The topological polar surface area (TPSA) is 81.7 Å². The van der Waals surface area contributed by atoms with Gasteiger partial charge in [-0.1, -0.05) is 0 Å². The number of hydrogen-bond donors (Lipinski definition) is 3. The van der Waals surface area contributed by atoms with E-state index in [-0.39, 0.29) is 0 Å². The summed E-state index contributed by atoms with van der Waals surface area (Å²) in [4.78, 5) is 21.1. The standard InChI is InChI=1S/C6H13N3O3/c1-4(5(10)11)7-6(12)8-9(2)3/h4H,1-3H3,(H,10,11)(H2,7,8,12). The van der Waals surface area contributed by atoms with Crippen molar-refractivity contribution in [2.24, 2.45) is 0 Å². The normalized spacial score (nSPS) is 12.3. The molecule has 1 atom stereocenters. The van der Waals surface area contributed by atoms with Crippen LogP contribution in [0.25, 0.3) is 0 Å². The second kappa shape index (κ2) is 4.55. The number of amides is 2. The Balaban J connectivity index is 3.77. The van der Waals surface area contributed by atoms with E-state index in [2.05, 4.69) is 10.7 Å². The van der Waals surface area contributed by atoms with E-state index in [0.29, 0.717) is 0 Å². The van der Waals surface area contributed by atoms with Crippen LogP contribution in [0, 0.1) is 0 Å². The number of hydrogen-bond acceptors (Lipinski definition) is 3. The quantitative estimate of drug-likeness (QED) is 0.492. The molecule has 0 aromatic carbocycles. The predicted molar refractivity (Wildman–Crippen MR) is 42.5 cm³/mol. The molecule has 0 aliphatic rings. The molecular formula is C6H13N3O3. The van der Waals surface area contributed by atoms with Crippen molar-refractivity contribution in [2.45, 2.75) is 13.0 Å². The molecule has 0 saturated heterocycles. The summed E-state index contributed by atoms with van der Waals surface area (Å²) >= 11 is 0. The highest BCUT2D eigenvalue weighted by atomic mass is 16.4. The van der Waals surface area contributed by atoms with Crippen molar-refractivity contribution in [3.8, 4) is 0 Å². The van der Waals surface area contributed by atoms with Gasteiger partial charge in [0.25, 0.3) is 0 Å². The van der Waals surface area contributed by atoms with Crippen LogP contribution in [0.5, 0.6) is 0 Å². The maximum Gasteiger partial charge on any atom is 0.329 e. The van der Waals surface area contributed by atoms with Crippen molar-refractivity contribution in [3.05, 3.63) is 0 Å². The van der Waals surface area contributed by atoms with Gasteiger partial charge in [-0.3, -0.25) is 10.2 Å². The third-order valence-corrected chi connectivity index (χ3v) is 1.04. The molecule has 0 radical (unpaired) electrons. The maximum atomic E-state index is 10.8. The summed E-state index contributed by atoms with van der Waals surface area (Å²) in [6.45, 7) is 1.39. The number of carbonyl (C=O) groups excluding carboxylic acids is 1. The summed E-state index contributed by atoms with van der Waals surface area (Å²) in [6.07, 6.45) is 0. The van der Waals surface area contributed by atoms with E-state index in [9.17, 15) is 9.59 Å². The predicted octanol–water partition coefficient (Wildman–Crippen LogP) is -0.765. The van der Waals surface area contributed by atoms with Crippen molar-refractivity contribution in [1.29, 1.82) is 0 Å².